The lowest BCUT2D eigenvalue weighted by Gasteiger charge is -2.18. The average Bonchev–Trinajstić information content (AvgIpc) is 3.46. The van der Waals surface area contributed by atoms with Gasteiger partial charge in [-0.15, -0.1) is 0 Å². The Morgan fingerprint density at radius 2 is 0.469 bits per heavy atom. The van der Waals surface area contributed by atoms with E-state index in [0.29, 0.717) is 12.8 Å². The highest BCUT2D eigenvalue weighted by molar-refractivity contribution is 5.71. The van der Waals surface area contributed by atoms with Crippen molar-refractivity contribution in [1.29, 1.82) is 0 Å². The van der Waals surface area contributed by atoms with Crippen molar-refractivity contribution in [2.45, 2.75) is 258 Å². The van der Waals surface area contributed by atoms with Gasteiger partial charge in [0.25, 0.3) is 0 Å². The standard InChI is InChI=1S/C75H116O6/c1-4-7-10-13-16-19-22-25-27-29-31-33-35-36-37-38-40-41-43-45-47-50-53-56-59-62-65-68-74(77)80-71-72(70-79-73(76)67-64-61-58-55-52-49-24-21-18-15-12-9-6-3)81-75(78)69-66-63-60-57-54-51-48-46-44-42-39-34-32-30-28-26-23-20-17-14-11-8-5-2/h7-12,16-21,25-28,31-34,36-37,42,44,48-49,51-52,58,61,72H,4-6,13-15,22-24,29-30,35,38-41,43,45-47,50,53-57,59-60,62-71H2,1-3H3/b10-7-,11-8-,12-9-,19-16-,20-17-,21-18-,27-25-,28-26-,33-31-,34-32-,37-36-,44-42-,51-48-,52-49-,61-58-. The third-order valence-corrected chi connectivity index (χ3v) is 12.9. The Hall–Kier alpha value is -5.49. The summed E-state index contributed by atoms with van der Waals surface area (Å²) < 4.78 is 16.8. The number of hydrogen-bond donors (Lipinski definition) is 0. The first-order valence-electron chi connectivity index (χ1n) is 32.3. The first-order valence-corrected chi connectivity index (χ1v) is 32.3. The minimum absolute atomic E-state index is 0.121. The molecule has 452 valence electrons. The lowest BCUT2D eigenvalue weighted by atomic mass is 10.0. The lowest BCUT2D eigenvalue weighted by Crippen LogP contribution is -2.30. The number of unbranched alkanes of at least 4 members (excludes halogenated alkanes) is 15. The highest BCUT2D eigenvalue weighted by atomic mass is 16.6. The van der Waals surface area contributed by atoms with E-state index >= 15 is 0 Å². The molecule has 0 fully saturated rings. The van der Waals surface area contributed by atoms with E-state index in [1.165, 1.54) is 57.8 Å². The molecule has 6 heteroatoms. The Kier molecular flexibility index (Phi) is 62.5. The molecular weight excluding hydrogens is 997 g/mol. The van der Waals surface area contributed by atoms with Gasteiger partial charge in [-0.05, 0) is 141 Å². The zero-order chi connectivity index (χ0) is 58.5. The van der Waals surface area contributed by atoms with E-state index in [1.54, 1.807) is 0 Å². The Morgan fingerprint density at radius 1 is 0.247 bits per heavy atom. The van der Waals surface area contributed by atoms with Crippen molar-refractivity contribution < 1.29 is 28.6 Å². The molecule has 0 aliphatic rings. The summed E-state index contributed by atoms with van der Waals surface area (Å²) in [5.74, 6) is -1.04. The zero-order valence-electron chi connectivity index (χ0n) is 51.7. The largest absolute Gasteiger partial charge is 0.462 e. The summed E-state index contributed by atoms with van der Waals surface area (Å²) in [6.45, 7) is 6.20. The minimum Gasteiger partial charge on any atom is -0.462 e. The molecule has 0 radical (unpaired) electrons. The monoisotopic (exact) mass is 1110 g/mol. The number of esters is 3. The summed E-state index contributed by atoms with van der Waals surface area (Å²) >= 11 is 0. The maximum Gasteiger partial charge on any atom is 0.306 e. The van der Waals surface area contributed by atoms with Gasteiger partial charge in [0.1, 0.15) is 13.2 Å². The van der Waals surface area contributed by atoms with E-state index in [9.17, 15) is 14.4 Å². The molecule has 6 nitrogen and oxygen atoms in total. The number of ether oxygens (including phenoxy) is 3. The SMILES string of the molecule is CC/C=C\C/C=C\C/C=C\C/C=C\C/C=C\C/C=C\CCCCCCC(=O)OC(COC(=O)CC/C=C\C/C=C\C/C=C\C/C=C\CC)COC(=O)CCCCCCCCCCCCC/C=C\C/C=C\C/C=C\C/C=C\C/C=C\CC. The number of allylic oxidation sites excluding steroid dienone is 30. The molecule has 0 amide bonds. The second-order valence-corrected chi connectivity index (χ2v) is 20.5. The molecule has 0 aromatic carbocycles. The molecule has 0 heterocycles. The van der Waals surface area contributed by atoms with Crippen molar-refractivity contribution in [2.75, 3.05) is 13.2 Å². The summed E-state index contributed by atoms with van der Waals surface area (Å²) in [5, 5.41) is 0. The van der Waals surface area contributed by atoms with Crippen molar-refractivity contribution in [3.8, 4) is 0 Å². The van der Waals surface area contributed by atoms with Crippen molar-refractivity contribution in [3.63, 3.8) is 0 Å². The molecular formula is C75H116O6. The second-order valence-electron chi connectivity index (χ2n) is 20.5. The molecule has 81 heavy (non-hydrogen) atoms. The molecule has 0 rings (SSSR count). The van der Waals surface area contributed by atoms with E-state index in [-0.39, 0.29) is 44.0 Å². The number of hydrogen-bond acceptors (Lipinski definition) is 6. The Balaban J connectivity index is 4.44. The van der Waals surface area contributed by atoms with Crippen LogP contribution in [0.1, 0.15) is 252 Å². The van der Waals surface area contributed by atoms with Crippen LogP contribution in [0.25, 0.3) is 0 Å². The number of rotatable bonds is 56. The van der Waals surface area contributed by atoms with E-state index in [0.717, 1.165) is 148 Å². The summed E-state index contributed by atoms with van der Waals surface area (Å²) in [4.78, 5) is 38.3. The van der Waals surface area contributed by atoms with Crippen LogP contribution in [0, 0.1) is 0 Å². The highest BCUT2D eigenvalue weighted by Gasteiger charge is 2.19. The smallest absolute Gasteiger partial charge is 0.306 e. The lowest BCUT2D eigenvalue weighted by molar-refractivity contribution is -0.166. The minimum atomic E-state index is -0.834. The fourth-order valence-electron chi connectivity index (χ4n) is 8.19. The van der Waals surface area contributed by atoms with Crippen molar-refractivity contribution >= 4 is 17.9 Å². The van der Waals surface area contributed by atoms with E-state index < -0.39 is 6.10 Å². The van der Waals surface area contributed by atoms with Gasteiger partial charge in [-0.2, -0.15) is 0 Å². The zero-order valence-corrected chi connectivity index (χ0v) is 51.7. The van der Waals surface area contributed by atoms with Crippen LogP contribution in [0.2, 0.25) is 0 Å². The summed E-state index contributed by atoms with van der Waals surface area (Å²) in [6.07, 6.45) is 101. The van der Waals surface area contributed by atoms with Crippen molar-refractivity contribution in [2.24, 2.45) is 0 Å². The van der Waals surface area contributed by atoms with Crippen LogP contribution in [0.5, 0.6) is 0 Å². The van der Waals surface area contributed by atoms with Crippen LogP contribution in [-0.2, 0) is 28.6 Å². The van der Waals surface area contributed by atoms with Gasteiger partial charge in [0.2, 0.25) is 0 Å². The van der Waals surface area contributed by atoms with Crippen LogP contribution in [-0.4, -0.2) is 37.2 Å². The van der Waals surface area contributed by atoms with Crippen molar-refractivity contribution in [3.05, 3.63) is 182 Å². The molecule has 1 atom stereocenters. The van der Waals surface area contributed by atoms with Gasteiger partial charge in [0, 0.05) is 19.3 Å². The molecule has 1 unspecified atom stereocenters. The fraction of sp³-hybridized carbons (Fsp3) is 0.560. The fourth-order valence-corrected chi connectivity index (χ4v) is 8.19. The molecule has 0 bridgehead atoms. The third-order valence-electron chi connectivity index (χ3n) is 12.9. The predicted molar refractivity (Wildman–Crippen MR) is 352 cm³/mol. The molecule has 0 aromatic rings. The first-order chi connectivity index (χ1) is 40.0. The van der Waals surface area contributed by atoms with Crippen LogP contribution >= 0.6 is 0 Å². The maximum absolute atomic E-state index is 12.9. The molecule has 0 aliphatic carbocycles. The topological polar surface area (TPSA) is 78.9 Å². The van der Waals surface area contributed by atoms with E-state index in [4.69, 9.17) is 14.2 Å². The maximum atomic E-state index is 12.9. The summed E-state index contributed by atoms with van der Waals surface area (Å²) in [5.41, 5.74) is 0. The van der Waals surface area contributed by atoms with Gasteiger partial charge < -0.3 is 14.2 Å². The van der Waals surface area contributed by atoms with Gasteiger partial charge >= 0.3 is 17.9 Å². The highest BCUT2D eigenvalue weighted by Crippen LogP contribution is 2.14. The van der Waals surface area contributed by atoms with Gasteiger partial charge in [0.15, 0.2) is 6.10 Å². The van der Waals surface area contributed by atoms with Gasteiger partial charge in [0.05, 0.1) is 0 Å². The molecule has 0 N–H and O–H groups in total. The van der Waals surface area contributed by atoms with Gasteiger partial charge in [-0.1, -0.05) is 274 Å². The molecule has 0 aliphatic heterocycles. The second kappa shape index (κ2) is 67.0. The molecule has 0 spiro atoms. The normalized spacial score (nSPS) is 13.4. The molecule has 0 aromatic heterocycles. The average molecular weight is 1110 g/mol. The summed E-state index contributed by atoms with van der Waals surface area (Å²) in [7, 11) is 0. The quantitative estimate of drug-likeness (QED) is 0.0261. The Labute approximate surface area is 497 Å². The van der Waals surface area contributed by atoms with E-state index in [2.05, 4.69) is 191 Å². The van der Waals surface area contributed by atoms with Gasteiger partial charge in [-0.25, -0.2) is 0 Å². The third kappa shape index (κ3) is 65.2. The molecule has 0 saturated carbocycles. The summed E-state index contributed by atoms with van der Waals surface area (Å²) in [6, 6.07) is 0. The first kappa shape index (κ1) is 75.5. The van der Waals surface area contributed by atoms with E-state index in [1.807, 2.05) is 12.2 Å². The predicted octanol–water partition coefficient (Wildman–Crippen LogP) is 22.4. The van der Waals surface area contributed by atoms with Crippen LogP contribution in [0.15, 0.2) is 182 Å². The Morgan fingerprint density at radius 3 is 0.765 bits per heavy atom. The van der Waals surface area contributed by atoms with Gasteiger partial charge in [-0.3, -0.25) is 14.4 Å². The van der Waals surface area contributed by atoms with Crippen LogP contribution in [0.4, 0.5) is 0 Å². The molecule has 0 saturated heterocycles. The number of carbonyl (C=O) groups excluding carboxylic acids is 3. The Bertz CT molecular complexity index is 1900. The van der Waals surface area contributed by atoms with Crippen LogP contribution in [0.3, 0.4) is 0 Å². The number of carbonyl (C=O) groups is 3. The van der Waals surface area contributed by atoms with Crippen LogP contribution < -0.4 is 0 Å². The van der Waals surface area contributed by atoms with Crippen molar-refractivity contribution in [1.82, 2.24) is 0 Å².